The number of alkyl carbamates (subject to hydrolysis) is 1. The minimum absolute atomic E-state index is 0.242. The van der Waals surface area contributed by atoms with Gasteiger partial charge in [0.15, 0.2) is 5.15 Å². The fourth-order valence-corrected chi connectivity index (χ4v) is 1.81. The zero-order chi connectivity index (χ0) is 15.8. The second-order valence-electron chi connectivity index (χ2n) is 4.46. The van der Waals surface area contributed by atoms with Crippen molar-refractivity contribution < 1.29 is 9.53 Å². The number of hydrogen-bond donors (Lipinski definition) is 2. The van der Waals surface area contributed by atoms with Gasteiger partial charge in [-0.25, -0.2) is 9.78 Å². The third-order valence-corrected chi connectivity index (χ3v) is 3.07. The Kier molecular flexibility index (Phi) is 5.80. The van der Waals surface area contributed by atoms with E-state index in [4.69, 9.17) is 22.1 Å². The molecule has 1 aromatic carbocycles. The molecule has 3 N–H and O–H groups in total. The number of aromatic nitrogens is 1. The molecule has 1 amide bonds. The second kappa shape index (κ2) is 8.05. The average Bonchev–Trinajstić information content (AvgIpc) is 2.54. The number of ether oxygens (including phenoxy) is 1. The van der Waals surface area contributed by atoms with E-state index in [0.717, 1.165) is 5.56 Å². The molecule has 0 aliphatic carbocycles. The number of carbonyl (C=O) groups is 1. The normalized spacial score (nSPS) is 10.6. The Hall–Kier alpha value is -2.53. The number of nitrogens with zero attached hydrogens (tertiary/aromatic N) is 1. The van der Waals surface area contributed by atoms with Crippen LogP contribution >= 0.6 is 11.6 Å². The van der Waals surface area contributed by atoms with Crippen LogP contribution in [0, 0.1) is 0 Å². The van der Waals surface area contributed by atoms with Crippen molar-refractivity contribution in [2.75, 3.05) is 12.3 Å². The quantitative estimate of drug-likeness (QED) is 0.830. The lowest BCUT2D eigenvalue weighted by Crippen LogP contribution is -2.24. The van der Waals surface area contributed by atoms with Crippen LogP contribution in [-0.2, 0) is 11.3 Å². The number of nitrogens with two attached hydrogens (primary N) is 1. The summed E-state index contributed by atoms with van der Waals surface area (Å²) in [7, 11) is 0. The molecule has 0 aliphatic rings. The van der Waals surface area contributed by atoms with Crippen LogP contribution in [0.1, 0.15) is 11.3 Å². The first kappa shape index (κ1) is 15.9. The molecular formula is C16H16ClN3O2. The Balaban J connectivity index is 1.72. The summed E-state index contributed by atoms with van der Waals surface area (Å²) in [5.74, 6) is 0. The summed E-state index contributed by atoms with van der Waals surface area (Å²) in [4.78, 5) is 15.6. The van der Waals surface area contributed by atoms with Crippen LogP contribution in [-0.4, -0.2) is 17.6 Å². The van der Waals surface area contributed by atoms with E-state index in [9.17, 15) is 4.79 Å². The Morgan fingerprint density at radius 1 is 1.27 bits per heavy atom. The van der Waals surface area contributed by atoms with E-state index >= 15 is 0 Å². The number of carbonyl (C=O) groups excluding carboxylic acids is 1. The summed E-state index contributed by atoms with van der Waals surface area (Å²) in [5.41, 5.74) is 7.61. The zero-order valence-corrected chi connectivity index (χ0v) is 12.6. The molecule has 0 spiro atoms. The number of nitrogen functional groups attached to an aromatic ring is 1. The van der Waals surface area contributed by atoms with Gasteiger partial charge in [-0.05, 0) is 23.8 Å². The van der Waals surface area contributed by atoms with Gasteiger partial charge in [0.2, 0.25) is 0 Å². The van der Waals surface area contributed by atoms with Crippen molar-refractivity contribution in [1.82, 2.24) is 10.3 Å². The van der Waals surface area contributed by atoms with Crippen molar-refractivity contribution in [3.63, 3.8) is 0 Å². The number of hydrogen-bond acceptors (Lipinski definition) is 4. The van der Waals surface area contributed by atoms with Gasteiger partial charge in [0.1, 0.15) is 6.61 Å². The number of amides is 1. The van der Waals surface area contributed by atoms with Crippen molar-refractivity contribution >= 4 is 29.5 Å². The lowest BCUT2D eigenvalue weighted by atomic mass is 10.2. The highest BCUT2D eigenvalue weighted by Gasteiger charge is 2.00. The maximum absolute atomic E-state index is 11.5. The molecule has 0 unspecified atom stereocenters. The molecule has 0 fully saturated rings. The van der Waals surface area contributed by atoms with Crippen molar-refractivity contribution in [3.8, 4) is 0 Å². The molecule has 114 valence electrons. The minimum Gasteiger partial charge on any atom is -0.445 e. The van der Waals surface area contributed by atoms with Gasteiger partial charge in [-0.2, -0.15) is 0 Å². The number of benzene rings is 1. The van der Waals surface area contributed by atoms with Crippen LogP contribution < -0.4 is 11.1 Å². The smallest absolute Gasteiger partial charge is 0.407 e. The van der Waals surface area contributed by atoms with E-state index in [0.29, 0.717) is 17.9 Å². The first-order valence-corrected chi connectivity index (χ1v) is 7.06. The van der Waals surface area contributed by atoms with Gasteiger partial charge in [-0.3, -0.25) is 0 Å². The van der Waals surface area contributed by atoms with Gasteiger partial charge in [0.25, 0.3) is 0 Å². The summed E-state index contributed by atoms with van der Waals surface area (Å²) in [6.07, 6.45) is 3.01. The van der Waals surface area contributed by atoms with Gasteiger partial charge < -0.3 is 15.8 Å². The summed E-state index contributed by atoms with van der Waals surface area (Å²) >= 11 is 5.82. The molecule has 0 saturated carbocycles. The number of pyridine rings is 1. The molecule has 0 aliphatic heterocycles. The first-order valence-electron chi connectivity index (χ1n) is 6.68. The van der Waals surface area contributed by atoms with Gasteiger partial charge in [0, 0.05) is 6.54 Å². The van der Waals surface area contributed by atoms with Crippen molar-refractivity contribution in [2.45, 2.75) is 6.61 Å². The van der Waals surface area contributed by atoms with Crippen LogP contribution in [0.3, 0.4) is 0 Å². The molecule has 1 heterocycles. The zero-order valence-electron chi connectivity index (χ0n) is 11.8. The third kappa shape index (κ3) is 5.10. The number of nitrogens with one attached hydrogen (secondary N) is 1. The highest BCUT2D eigenvalue weighted by Crippen LogP contribution is 2.15. The largest absolute Gasteiger partial charge is 0.445 e. The molecule has 0 bridgehead atoms. The summed E-state index contributed by atoms with van der Waals surface area (Å²) < 4.78 is 5.08. The number of anilines is 1. The molecule has 2 aromatic rings. The van der Waals surface area contributed by atoms with E-state index in [-0.39, 0.29) is 11.8 Å². The number of rotatable bonds is 5. The van der Waals surface area contributed by atoms with Gasteiger partial charge in [0.05, 0.1) is 11.4 Å². The lowest BCUT2D eigenvalue weighted by Gasteiger charge is -2.05. The van der Waals surface area contributed by atoms with Crippen molar-refractivity contribution in [2.24, 2.45) is 0 Å². The molecular weight excluding hydrogens is 302 g/mol. The highest BCUT2D eigenvalue weighted by atomic mass is 35.5. The SMILES string of the molecule is Nc1ccc(C=CCNC(=O)OCc2ccccc2)nc1Cl. The maximum atomic E-state index is 11.5. The molecule has 2 rings (SSSR count). The summed E-state index contributed by atoms with van der Waals surface area (Å²) in [5, 5.41) is 2.88. The Morgan fingerprint density at radius 2 is 2.05 bits per heavy atom. The fraction of sp³-hybridized carbons (Fsp3) is 0.125. The van der Waals surface area contributed by atoms with Gasteiger partial charge in [-0.15, -0.1) is 0 Å². The third-order valence-electron chi connectivity index (χ3n) is 2.76. The number of halogens is 1. The van der Waals surface area contributed by atoms with E-state index < -0.39 is 6.09 Å². The lowest BCUT2D eigenvalue weighted by molar-refractivity contribution is 0.141. The Morgan fingerprint density at radius 3 is 2.77 bits per heavy atom. The van der Waals surface area contributed by atoms with E-state index in [1.165, 1.54) is 0 Å². The minimum atomic E-state index is -0.475. The van der Waals surface area contributed by atoms with E-state index in [2.05, 4.69) is 10.3 Å². The topological polar surface area (TPSA) is 77.2 Å². The van der Waals surface area contributed by atoms with Gasteiger partial charge in [-0.1, -0.05) is 48.0 Å². The molecule has 5 nitrogen and oxygen atoms in total. The molecule has 0 saturated heterocycles. The molecule has 0 atom stereocenters. The van der Waals surface area contributed by atoms with E-state index in [1.807, 2.05) is 30.3 Å². The second-order valence-corrected chi connectivity index (χ2v) is 4.82. The van der Waals surface area contributed by atoms with Crippen molar-refractivity contribution in [1.29, 1.82) is 0 Å². The fourth-order valence-electron chi connectivity index (χ4n) is 1.65. The predicted molar refractivity (Wildman–Crippen MR) is 87.3 cm³/mol. The van der Waals surface area contributed by atoms with Crippen LogP contribution in [0.25, 0.3) is 6.08 Å². The van der Waals surface area contributed by atoms with Crippen LogP contribution in [0.2, 0.25) is 5.15 Å². The average molecular weight is 318 g/mol. The predicted octanol–water partition coefficient (Wildman–Crippen LogP) is 3.26. The first-order chi connectivity index (χ1) is 10.6. The summed E-state index contributed by atoms with van der Waals surface area (Å²) in [6.45, 7) is 0.572. The molecule has 0 radical (unpaired) electrons. The Bertz CT molecular complexity index is 660. The van der Waals surface area contributed by atoms with E-state index in [1.54, 1.807) is 24.3 Å². The van der Waals surface area contributed by atoms with Crippen LogP contribution in [0.5, 0.6) is 0 Å². The maximum Gasteiger partial charge on any atom is 0.407 e. The molecule has 6 heteroatoms. The van der Waals surface area contributed by atoms with Crippen LogP contribution in [0.15, 0.2) is 48.5 Å². The van der Waals surface area contributed by atoms with Crippen LogP contribution in [0.4, 0.5) is 10.5 Å². The Labute approximate surface area is 133 Å². The summed E-state index contributed by atoms with van der Waals surface area (Å²) in [6, 6.07) is 12.9. The standard InChI is InChI=1S/C16H16ClN3O2/c17-15-14(18)9-8-13(20-15)7-4-10-19-16(21)22-11-12-5-2-1-3-6-12/h1-9H,10-11,18H2,(H,19,21). The highest BCUT2D eigenvalue weighted by molar-refractivity contribution is 6.31. The molecule has 1 aromatic heterocycles. The molecule has 22 heavy (non-hydrogen) atoms. The monoisotopic (exact) mass is 317 g/mol. The van der Waals surface area contributed by atoms with Crippen molar-refractivity contribution in [3.05, 3.63) is 65.0 Å². The van der Waals surface area contributed by atoms with Gasteiger partial charge >= 0.3 is 6.09 Å².